The first-order valence-electron chi connectivity index (χ1n) is 8.58. The van der Waals surface area contributed by atoms with Gasteiger partial charge in [-0.05, 0) is 36.4 Å². The maximum atomic E-state index is 13.2. The summed E-state index contributed by atoms with van der Waals surface area (Å²) in [5.74, 6) is -3.77. The maximum absolute atomic E-state index is 13.2. The zero-order valence-corrected chi connectivity index (χ0v) is 15.0. The average molecular weight is 378 g/mol. The van der Waals surface area contributed by atoms with Crippen molar-refractivity contribution in [2.24, 2.45) is 0 Å². The van der Waals surface area contributed by atoms with Crippen LogP contribution in [0.3, 0.4) is 0 Å². The molecule has 3 rings (SSSR count). The topological polar surface area (TPSA) is 58.2 Å². The molecule has 1 aromatic heterocycles. The van der Waals surface area contributed by atoms with Gasteiger partial charge in [0.2, 0.25) is 0 Å². The fourth-order valence-corrected chi connectivity index (χ4v) is 4.40. The lowest BCUT2D eigenvalue weighted by Crippen LogP contribution is -2.45. The van der Waals surface area contributed by atoms with Gasteiger partial charge in [0.05, 0.1) is 0 Å². The monoisotopic (exact) mass is 378 g/mol. The number of amides is 2. The molecule has 4 nitrogen and oxygen atoms in total. The van der Waals surface area contributed by atoms with Crippen LogP contribution in [0, 0.1) is 11.6 Å². The third-order valence-electron chi connectivity index (χ3n) is 4.83. The molecular weight excluding hydrogens is 358 g/mol. The highest BCUT2D eigenvalue weighted by atomic mass is 32.1. The number of anilines is 1. The Labute approximate surface area is 154 Å². The highest BCUT2D eigenvalue weighted by molar-refractivity contribution is 7.10. The van der Waals surface area contributed by atoms with Crippen molar-refractivity contribution in [3.63, 3.8) is 0 Å². The van der Waals surface area contributed by atoms with E-state index < -0.39 is 23.4 Å². The molecule has 138 valence electrons. The Hall–Kier alpha value is -2.28. The molecule has 0 atom stereocenters. The van der Waals surface area contributed by atoms with Gasteiger partial charge >= 0.3 is 11.8 Å². The van der Waals surface area contributed by atoms with Gasteiger partial charge in [0.25, 0.3) is 0 Å². The van der Waals surface area contributed by atoms with E-state index in [1.165, 1.54) is 17.4 Å². The minimum atomic E-state index is -1.08. The quantitative estimate of drug-likeness (QED) is 0.791. The van der Waals surface area contributed by atoms with Crippen molar-refractivity contribution in [1.82, 2.24) is 5.32 Å². The second-order valence-electron chi connectivity index (χ2n) is 6.58. The van der Waals surface area contributed by atoms with Crippen LogP contribution in [0.15, 0.2) is 35.7 Å². The fourth-order valence-electron chi connectivity index (χ4n) is 3.41. The first-order chi connectivity index (χ1) is 12.5. The summed E-state index contributed by atoms with van der Waals surface area (Å²) in [6.07, 6.45) is 5.30. The Balaban J connectivity index is 1.63. The third-order valence-corrected chi connectivity index (χ3v) is 5.94. The van der Waals surface area contributed by atoms with Crippen LogP contribution in [0.25, 0.3) is 0 Å². The predicted molar refractivity (Wildman–Crippen MR) is 97.1 cm³/mol. The first-order valence-corrected chi connectivity index (χ1v) is 9.46. The molecule has 1 aliphatic carbocycles. The van der Waals surface area contributed by atoms with Crippen LogP contribution in [0.4, 0.5) is 14.5 Å². The Morgan fingerprint density at radius 2 is 1.81 bits per heavy atom. The van der Waals surface area contributed by atoms with E-state index in [0.29, 0.717) is 6.54 Å². The molecule has 2 amide bonds. The van der Waals surface area contributed by atoms with Gasteiger partial charge in [-0.3, -0.25) is 9.59 Å². The summed E-state index contributed by atoms with van der Waals surface area (Å²) in [6.45, 7) is 0.386. The van der Waals surface area contributed by atoms with E-state index >= 15 is 0 Å². The van der Waals surface area contributed by atoms with Gasteiger partial charge in [-0.2, -0.15) is 0 Å². The van der Waals surface area contributed by atoms with E-state index in [1.807, 2.05) is 11.4 Å². The van der Waals surface area contributed by atoms with Gasteiger partial charge in [-0.15, -0.1) is 11.3 Å². The molecule has 26 heavy (non-hydrogen) atoms. The van der Waals surface area contributed by atoms with Gasteiger partial charge in [0, 0.05) is 28.6 Å². The third kappa shape index (κ3) is 4.09. The summed E-state index contributed by atoms with van der Waals surface area (Å²) in [5.41, 5.74) is -0.0978. The largest absolute Gasteiger partial charge is 0.347 e. The zero-order valence-electron chi connectivity index (χ0n) is 14.2. The minimum Gasteiger partial charge on any atom is -0.347 e. The molecule has 1 heterocycles. The van der Waals surface area contributed by atoms with E-state index in [1.54, 1.807) is 11.3 Å². The summed E-state index contributed by atoms with van der Waals surface area (Å²) in [6, 6.07) is 7.01. The molecule has 0 unspecified atom stereocenters. The number of halogens is 2. The molecule has 7 heteroatoms. The number of rotatable bonds is 4. The molecule has 1 saturated carbocycles. The van der Waals surface area contributed by atoms with Crippen LogP contribution in [-0.4, -0.2) is 18.4 Å². The van der Waals surface area contributed by atoms with E-state index in [0.717, 1.165) is 37.8 Å². The van der Waals surface area contributed by atoms with Crippen LogP contribution in [0.1, 0.15) is 37.0 Å². The molecule has 0 bridgehead atoms. The van der Waals surface area contributed by atoms with Crippen molar-refractivity contribution in [2.45, 2.75) is 37.5 Å². The lowest BCUT2D eigenvalue weighted by molar-refractivity contribution is -0.136. The predicted octanol–water partition coefficient (Wildman–Crippen LogP) is 3.98. The molecular formula is C19H20F2N2O2S. The number of carbonyl (C=O) groups is 2. The molecule has 1 aliphatic rings. The lowest BCUT2D eigenvalue weighted by Gasteiger charge is -2.36. The summed E-state index contributed by atoms with van der Waals surface area (Å²) < 4.78 is 26.1. The van der Waals surface area contributed by atoms with Crippen LogP contribution < -0.4 is 10.6 Å². The van der Waals surface area contributed by atoms with Crippen LogP contribution >= 0.6 is 11.3 Å². The number of benzene rings is 1. The van der Waals surface area contributed by atoms with Crippen LogP contribution in [0.2, 0.25) is 0 Å². The second-order valence-corrected chi connectivity index (χ2v) is 7.53. The second kappa shape index (κ2) is 7.95. The summed E-state index contributed by atoms with van der Waals surface area (Å²) >= 11 is 1.66. The highest BCUT2D eigenvalue weighted by Crippen LogP contribution is 2.41. The van der Waals surface area contributed by atoms with Gasteiger partial charge in [-0.1, -0.05) is 25.3 Å². The van der Waals surface area contributed by atoms with Crippen LogP contribution in [-0.2, 0) is 15.0 Å². The van der Waals surface area contributed by atoms with Crippen LogP contribution in [0.5, 0.6) is 0 Å². The van der Waals surface area contributed by atoms with E-state index in [-0.39, 0.29) is 11.1 Å². The van der Waals surface area contributed by atoms with Crippen molar-refractivity contribution in [3.8, 4) is 0 Å². The van der Waals surface area contributed by atoms with E-state index in [2.05, 4.69) is 16.7 Å². The Bertz CT molecular complexity index is 787. The number of nitrogens with one attached hydrogen (secondary N) is 2. The lowest BCUT2D eigenvalue weighted by atomic mass is 9.73. The standard InChI is InChI=1S/C19H20F2N2O2S/c20-14-7-6-13(11-15(14)21)23-18(25)17(24)22-12-19(8-2-1-3-9-19)16-5-4-10-26-16/h4-7,10-11H,1-3,8-9,12H2,(H,22,24)(H,23,25). The van der Waals surface area contributed by atoms with Crippen molar-refractivity contribution < 1.29 is 18.4 Å². The first kappa shape index (κ1) is 18.5. The normalized spacial score (nSPS) is 16.1. The summed E-state index contributed by atoms with van der Waals surface area (Å²) in [4.78, 5) is 25.4. The number of thiophene rings is 1. The van der Waals surface area contributed by atoms with Gasteiger partial charge in [0.15, 0.2) is 11.6 Å². The van der Waals surface area contributed by atoms with Crippen molar-refractivity contribution in [2.75, 3.05) is 11.9 Å². The Morgan fingerprint density at radius 1 is 1.04 bits per heavy atom. The summed E-state index contributed by atoms with van der Waals surface area (Å²) in [5, 5.41) is 7.02. The maximum Gasteiger partial charge on any atom is 0.313 e. The van der Waals surface area contributed by atoms with Gasteiger partial charge in [0.1, 0.15) is 0 Å². The smallest absolute Gasteiger partial charge is 0.313 e. The molecule has 2 N–H and O–H groups in total. The molecule has 0 saturated heterocycles. The fraction of sp³-hybridized carbons (Fsp3) is 0.368. The van der Waals surface area contributed by atoms with Crippen molar-refractivity contribution in [1.29, 1.82) is 0 Å². The molecule has 2 aromatic rings. The molecule has 0 spiro atoms. The van der Waals surface area contributed by atoms with Gasteiger partial charge in [-0.25, -0.2) is 8.78 Å². The summed E-state index contributed by atoms with van der Waals surface area (Å²) in [7, 11) is 0. The Kier molecular flexibility index (Phi) is 5.66. The van der Waals surface area contributed by atoms with E-state index in [4.69, 9.17) is 0 Å². The minimum absolute atomic E-state index is 0.0367. The van der Waals surface area contributed by atoms with Crippen molar-refractivity contribution >= 4 is 28.8 Å². The van der Waals surface area contributed by atoms with Crippen molar-refractivity contribution in [3.05, 3.63) is 52.2 Å². The molecule has 1 fully saturated rings. The number of hydrogen-bond acceptors (Lipinski definition) is 3. The molecule has 0 aliphatic heterocycles. The number of hydrogen-bond donors (Lipinski definition) is 2. The average Bonchev–Trinajstić information content (AvgIpc) is 3.19. The molecule has 1 aromatic carbocycles. The molecule has 0 radical (unpaired) electrons. The van der Waals surface area contributed by atoms with E-state index in [9.17, 15) is 18.4 Å². The number of carbonyl (C=O) groups excluding carboxylic acids is 2. The Morgan fingerprint density at radius 3 is 2.46 bits per heavy atom. The zero-order chi connectivity index (χ0) is 18.6. The highest BCUT2D eigenvalue weighted by Gasteiger charge is 2.35. The SMILES string of the molecule is O=C(NCC1(c2cccs2)CCCCC1)C(=O)Nc1ccc(F)c(F)c1. The van der Waals surface area contributed by atoms with Gasteiger partial charge < -0.3 is 10.6 Å².